The van der Waals surface area contributed by atoms with E-state index in [-0.39, 0.29) is 5.54 Å². The van der Waals surface area contributed by atoms with Crippen LogP contribution in [0.4, 0.5) is 0 Å². The van der Waals surface area contributed by atoms with Gasteiger partial charge < -0.3 is 10.0 Å². The van der Waals surface area contributed by atoms with Crippen LogP contribution < -0.4 is 4.90 Å². The second kappa shape index (κ2) is 6.81. The van der Waals surface area contributed by atoms with Crippen LogP contribution in [0, 0.1) is 11.8 Å². The van der Waals surface area contributed by atoms with Gasteiger partial charge in [-0.25, -0.2) is 0 Å². The summed E-state index contributed by atoms with van der Waals surface area (Å²) >= 11 is 0. The van der Waals surface area contributed by atoms with Crippen LogP contribution in [0.25, 0.3) is 0 Å². The monoisotopic (exact) mass is 320 g/mol. The van der Waals surface area contributed by atoms with E-state index in [0.717, 1.165) is 24.0 Å². The van der Waals surface area contributed by atoms with Gasteiger partial charge in [-0.3, -0.25) is 0 Å². The van der Waals surface area contributed by atoms with Crippen molar-refractivity contribution < 1.29 is 10.0 Å². The molecule has 0 unspecified atom stereocenters. The quantitative estimate of drug-likeness (QED) is 0.834. The van der Waals surface area contributed by atoms with Gasteiger partial charge >= 0.3 is 0 Å². The Labute approximate surface area is 145 Å². The number of nitrogens with one attached hydrogen (secondary N) is 1. The molecule has 0 amide bonds. The lowest BCUT2D eigenvalue weighted by molar-refractivity contribution is -0.904. The fourth-order valence-corrected chi connectivity index (χ4v) is 3.61. The predicted octanol–water partition coefficient (Wildman–Crippen LogP) is 2.38. The number of aliphatic hydroxyl groups is 1. The molecule has 2 heteroatoms. The Bertz CT molecular complexity index is 679. The first-order chi connectivity index (χ1) is 11.6. The zero-order valence-corrected chi connectivity index (χ0v) is 14.5. The Balaban J connectivity index is 2.09. The van der Waals surface area contributed by atoms with Gasteiger partial charge in [0, 0.05) is 24.0 Å². The zero-order chi connectivity index (χ0) is 17.0. The molecule has 124 valence electrons. The summed E-state index contributed by atoms with van der Waals surface area (Å²) in [4.78, 5) is 1.36. The molecular formula is C22H26NO+. The summed E-state index contributed by atoms with van der Waals surface area (Å²) in [5.74, 6) is 6.77. The fraction of sp³-hybridized carbons (Fsp3) is 0.364. The number of quaternary nitrogens is 1. The maximum atomic E-state index is 11.5. The lowest BCUT2D eigenvalue weighted by Crippen LogP contribution is -3.14. The number of hydrogen-bond donors (Lipinski definition) is 2. The van der Waals surface area contributed by atoms with Crippen LogP contribution in [0.5, 0.6) is 0 Å². The highest BCUT2D eigenvalue weighted by Gasteiger charge is 2.39. The van der Waals surface area contributed by atoms with E-state index in [9.17, 15) is 5.11 Å². The van der Waals surface area contributed by atoms with Crippen LogP contribution in [-0.4, -0.2) is 24.7 Å². The molecular weight excluding hydrogens is 294 g/mol. The van der Waals surface area contributed by atoms with Crippen LogP contribution in [0.2, 0.25) is 0 Å². The van der Waals surface area contributed by atoms with Crippen molar-refractivity contribution in [1.82, 2.24) is 0 Å². The molecule has 0 radical (unpaired) electrons. The number of hydrogen-bond acceptors (Lipinski definition) is 1. The van der Waals surface area contributed by atoms with Crippen molar-refractivity contribution in [2.24, 2.45) is 0 Å². The summed E-state index contributed by atoms with van der Waals surface area (Å²) in [7, 11) is 4.34. The van der Waals surface area contributed by atoms with E-state index in [4.69, 9.17) is 0 Å². The highest BCUT2D eigenvalue weighted by atomic mass is 16.3. The molecule has 2 N–H and O–H groups in total. The minimum absolute atomic E-state index is 0.0441. The van der Waals surface area contributed by atoms with Crippen molar-refractivity contribution in [3.63, 3.8) is 0 Å². The van der Waals surface area contributed by atoms with Crippen LogP contribution in [0.1, 0.15) is 36.8 Å². The first-order valence-corrected chi connectivity index (χ1v) is 8.75. The molecule has 2 nitrogen and oxygen atoms in total. The van der Waals surface area contributed by atoms with Crippen molar-refractivity contribution in [2.75, 3.05) is 14.1 Å². The van der Waals surface area contributed by atoms with E-state index in [1.54, 1.807) is 0 Å². The second-order valence-electron chi connectivity index (χ2n) is 6.98. The Morgan fingerprint density at radius 3 is 1.75 bits per heavy atom. The Kier molecular flexibility index (Phi) is 4.76. The van der Waals surface area contributed by atoms with Gasteiger partial charge in [-0.1, -0.05) is 66.6 Å². The summed E-state index contributed by atoms with van der Waals surface area (Å²) in [5.41, 5.74) is 0.335. The standard InChI is InChI=1S/C22H25NO/c1-23(2)21(15-9-10-16-21)17-18-22(24,19-11-5-3-6-12-19)20-13-7-4-8-14-20/h3-8,11-14,24H,9-10,15-16H2,1-2H3/p+1. The molecule has 1 aliphatic rings. The highest BCUT2D eigenvalue weighted by molar-refractivity contribution is 5.45. The third-order valence-corrected chi connectivity index (χ3v) is 5.28. The van der Waals surface area contributed by atoms with Gasteiger partial charge in [-0.2, -0.15) is 0 Å². The van der Waals surface area contributed by atoms with Gasteiger partial charge in [0.1, 0.15) is 0 Å². The SMILES string of the molecule is C[NH+](C)C1(C#CC(O)(c2ccccc2)c2ccccc2)CCCC1. The molecule has 0 aliphatic heterocycles. The van der Waals surface area contributed by atoms with E-state index in [0.29, 0.717) is 0 Å². The van der Waals surface area contributed by atoms with Crippen molar-refractivity contribution in [3.8, 4) is 11.8 Å². The molecule has 0 saturated heterocycles. The molecule has 0 spiro atoms. The molecule has 2 aromatic carbocycles. The molecule has 0 atom stereocenters. The molecule has 1 aliphatic carbocycles. The molecule has 0 bridgehead atoms. The number of benzene rings is 2. The first-order valence-electron chi connectivity index (χ1n) is 8.75. The molecule has 1 saturated carbocycles. The largest absolute Gasteiger partial charge is 0.369 e. The van der Waals surface area contributed by atoms with E-state index >= 15 is 0 Å². The van der Waals surface area contributed by atoms with E-state index in [2.05, 4.69) is 25.9 Å². The Morgan fingerprint density at radius 1 is 0.875 bits per heavy atom. The topological polar surface area (TPSA) is 24.7 Å². The van der Waals surface area contributed by atoms with E-state index in [1.807, 2.05) is 60.7 Å². The first kappa shape index (κ1) is 16.8. The predicted molar refractivity (Wildman–Crippen MR) is 97.7 cm³/mol. The molecule has 0 heterocycles. The van der Waals surface area contributed by atoms with E-state index < -0.39 is 5.60 Å². The normalized spacial score (nSPS) is 16.7. The third kappa shape index (κ3) is 3.11. The van der Waals surface area contributed by atoms with Gasteiger partial charge in [0.2, 0.25) is 0 Å². The highest BCUT2D eigenvalue weighted by Crippen LogP contribution is 2.31. The summed E-state index contributed by atoms with van der Waals surface area (Å²) in [6.45, 7) is 0. The van der Waals surface area contributed by atoms with Crippen LogP contribution in [0.15, 0.2) is 60.7 Å². The maximum absolute atomic E-state index is 11.5. The Morgan fingerprint density at radius 2 is 1.33 bits per heavy atom. The van der Waals surface area contributed by atoms with Gasteiger partial charge in [-0.15, -0.1) is 0 Å². The van der Waals surface area contributed by atoms with Gasteiger partial charge in [0.05, 0.1) is 14.1 Å². The Hall–Kier alpha value is -2.08. The lowest BCUT2D eigenvalue weighted by Gasteiger charge is -2.29. The van der Waals surface area contributed by atoms with Crippen molar-refractivity contribution in [1.29, 1.82) is 0 Å². The van der Waals surface area contributed by atoms with Gasteiger partial charge in [0.15, 0.2) is 11.1 Å². The minimum Gasteiger partial charge on any atom is -0.369 e. The smallest absolute Gasteiger partial charge is 0.177 e. The zero-order valence-electron chi connectivity index (χ0n) is 14.5. The fourth-order valence-electron chi connectivity index (χ4n) is 3.61. The number of rotatable bonds is 3. The maximum Gasteiger partial charge on any atom is 0.177 e. The van der Waals surface area contributed by atoms with Crippen molar-refractivity contribution in [3.05, 3.63) is 71.8 Å². The van der Waals surface area contributed by atoms with Crippen molar-refractivity contribution in [2.45, 2.75) is 36.8 Å². The van der Waals surface area contributed by atoms with Crippen LogP contribution >= 0.6 is 0 Å². The van der Waals surface area contributed by atoms with Crippen molar-refractivity contribution >= 4 is 0 Å². The van der Waals surface area contributed by atoms with Gasteiger partial charge in [-0.05, 0) is 18.8 Å². The average molecular weight is 320 g/mol. The molecule has 1 fully saturated rings. The molecule has 24 heavy (non-hydrogen) atoms. The second-order valence-corrected chi connectivity index (χ2v) is 6.98. The van der Waals surface area contributed by atoms with E-state index in [1.165, 1.54) is 17.7 Å². The molecule has 3 rings (SSSR count). The average Bonchev–Trinajstić information content (AvgIpc) is 3.12. The summed E-state index contributed by atoms with van der Waals surface area (Å²) in [6.07, 6.45) is 4.63. The van der Waals surface area contributed by atoms with Gasteiger partial charge in [0.25, 0.3) is 0 Å². The third-order valence-electron chi connectivity index (χ3n) is 5.28. The summed E-state index contributed by atoms with van der Waals surface area (Å²) in [6, 6.07) is 19.5. The summed E-state index contributed by atoms with van der Waals surface area (Å²) in [5, 5.41) is 11.5. The van der Waals surface area contributed by atoms with Crippen LogP contribution in [-0.2, 0) is 5.60 Å². The lowest BCUT2D eigenvalue weighted by atomic mass is 9.85. The molecule has 2 aromatic rings. The summed E-state index contributed by atoms with van der Waals surface area (Å²) < 4.78 is 0. The molecule has 0 aromatic heterocycles. The van der Waals surface area contributed by atoms with Crippen LogP contribution in [0.3, 0.4) is 0 Å². The minimum atomic E-state index is -1.27.